The van der Waals surface area contributed by atoms with E-state index in [0.717, 1.165) is 0 Å². The minimum Gasteiger partial charge on any atom is -0.480 e. The predicted molar refractivity (Wildman–Crippen MR) is 39.3 cm³/mol. The van der Waals surface area contributed by atoms with E-state index in [4.69, 9.17) is 5.11 Å². The van der Waals surface area contributed by atoms with E-state index in [2.05, 4.69) is 17.9 Å². The fourth-order valence-corrected chi connectivity index (χ4v) is 0.589. The number of carbonyl (C=O) groups excluding carboxylic acids is 1. The monoisotopic (exact) mass is 163 g/mol. The smallest absolute Gasteiger partial charge is 0.317 e. The molecule has 0 saturated carbocycles. The number of carboxylic acids is 1. The van der Waals surface area contributed by atoms with Crippen LogP contribution in [-0.4, -0.2) is 35.7 Å². The van der Waals surface area contributed by atoms with Crippen molar-refractivity contribution in [3.05, 3.63) is 0 Å². The van der Waals surface area contributed by atoms with Gasteiger partial charge < -0.3 is 9.90 Å². The highest BCUT2D eigenvalue weighted by molar-refractivity contribution is 7.80. The summed E-state index contributed by atoms with van der Waals surface area (Å²) in [6.45, 7) is -0.204. The molecule has 0 unspecified atom stereocenters. The third-order valence-electron chi connectivity index (χ3n) is 0.876. The van der Waals surface area contributed by atoms with E-state index in [1.165, 1.54) is 0 Å². The average molecular weight is 163 g/mol. The minimum absolute atomic E-state index is 0.204. The van der Waals surface area contributed by atoms with Crippen LogP contribution in [0.15, 0.2) is 0 Å². The zero-order chi connectivity index (χ0) is 7.98. The van der Waals surface area contributed by atoms with Crippen LogP contribution in [0, 0.1) is 0 Å². The van der Waals surface area contributed by atoms with Gasteiger partial charge in [-0.05, 0) is 0 Å². The first-order chi connectivity index (χ1) is 4.70. The summed E-state index contributed by atoms with van der Waals surface area (Å²) in [6.07, 6.45) is 0.635. The van der Waals surface area contributed by atoms with Gasteiger partial charge in [0.25, 0.3) is 0 Å². The van der Waals surface area contributed by atoms with Crippen molar-refractivity contribution in [1.29, 1.82) is 0 Å². The fourth-order valence-electron chi connectivity index (χ4n) is 0.374. The van der Waals surface area contributed by atoms with Gasteiger partial charge >= 0.3 is 5.97 Å². The number of thiol groups is 1. The topological polar surface area (TPSA) is 66.4 Å². The first-order valence-corrected chi connectivity index (χ1v) is 3.35. The molecule has 0 amide bonds. The third kappa shape index (κ3) is 4.34. The molecule has 0 fully saturated rings. The second-order valence-corrected chi connectivity index (χ2v) is 2.06. The van der Waals surface area contributed by atoms with Gasteiger partial charge in [-0.25, -0.2) is 0 Å². The lowest BCUT2D eigenvalue weighted by Gasteiger charge is -2.05. The van der Waals surface area contributed by atoms with Crippen molar-refractivity contribution in [2.75, 3.05) is 12.3 Å². The SMILES string of the molecule is O=C[C@H](CS)NCC(=O)O. The maximum atomic E-state index is 10.0. The molecule has 0 aromatic carbocycles. The molecular weight excluding hydrogens is 154 g/mol. The molecule has 0 spiro atoms. The predicted octanol–water partition coefficient (Wildman–Crippen LogP) is -0.842. The van der Waals surface area contributed by atoms with Crippen LogP contribution in [0.4, 0.5) is 0 Å². The minimum atomic E-state index is -0.978. The lowest BCUT2D eigenvalue weighted by atomic mass is 10.4. The van der Waals surface area contributed by atoms with Crippen molar-refractivity contribution in [2.45, 2.75) is 6.04 Å². The third-order valence-corrected chi connectivity index (χ3v) is 1.27. The van der Waals surface area contributed by atoms with Gasteiger partial charge in [0.05, 0.1) is 12.6 Å². The molecule has 0 bridgehead atoms. The van der Waals surface area contributed by atoms with Crippen LogP contribution in [-0.2, 0) is 9.59 Å². The molecule has 0 aromatic rings. The van der Waals surface area contributed by atoms with Gasteiger partial charge in [-0.15, -0.1) is 0 Å². The highest BCUT2D eigenvalue weighted by atomic mass is 32.1. The Hall–Kier alpha value is -0.550. The van der Waals surface area contributed by atoms with Gasteiger partial charge in [-0.3, -0.25) is 10.1 Å². The van der Waals surface area contributed by atoms with E-state index < -0.39 is 12.0 Å². The number of rotatable bonds is 5. The van der Waals surface area contributed by atoms with E-state index in [1.54, 1.807) is 0 Å². The molecule has 0 radical (unpaired) electrons. The first-order valence-electron chi connectivity index (χ1n) is 2.72. The molecule has 58 valence electrons. The van der Waals surface area contributed by atoms with Gasteiger partial charge in [-0.1, -0.05) is 0 Å². The summed E-state index contributed by atoms with van der Waals surface area (Å²) < 4.78 is 0. The van der Waals surface area contributed by atoms with Gasteiger partial charge in [0.2, 0.25) is 0 Å². The van der Waals surface area contributed by atoms with E-state index in [-0.39, 0.29) is 6.54 Å². The van der Waals surface area contributed by atoms with Crippen molar-refractivity contribution in [3.8, 4) is 0 Å². The molecule has 0 heterocycles. The number of aldehydes is 1. The maximum Gasteiger partial charge on any atom is 0.317 e. The molecular formula is C5H9NO3S. The molecule has 2 N–H and O–H groups in total. The Kier molecular flexibility index (Phi) is 4.96. The Morgan fingerprint density at radius 3 is 2.70 bits per heavy atom. The van der Waals surface area contributed by atoms with Crippen LogP contribution >= 0.6 is 12.6 Å². The van der Waals surface area contributed by atoms with Crippen molar-refractivity contribution >= 4 is 24.9 Å². The molecule has 0 saturated heterocycles. The number of carbonyl (C=O) groups is 2. The molecule has 0 rings (SSSR count). The maximum absolute atomic E-state index is 10.0. The molecule has 0 aromatic heterocycles. The summed E-state index contributed by atoms with van der Waals surface area (Å²) >= 11 is 3.81. The van der Waals surface area contributed by atoms with Gasteiger partial charge in [0.15, 0.2) is 0 Å². The molecule has 0 aliphatic rings. The van der Waals surface area contributed by atoms with Crippen LogP contribution < -0.4 is 5.32 Å². The van der Waals surface area contributed by atoms with Crippen molar-refractivity contribution in [1.82, 2.24) is 5.32 Å². The summed E-state index contributed by atoms with van der Waals surface area (Å²) in [5.41, 5.74) is 0. The van der Waals surface area contributed by atoms with E-state index in [9.17, 15) is 9.59 Å². The Bertz CT molecular complexity index is 128. The molecule has 1 atom stereocenters. The summed E-state index contributed by atoms with van der Waals surface area (Å²) in [5.74, 6) is -0.662. The van der Waals surface area contributed by atoms with Crippen LogP contribution in [0.25, 0.3) is 0 Å². The van der Waals surface area contributed by atoms with E-state index in [0.29, 0.717) is 12.0 Å². The number of carboxylic acid groups (broad SMARTS) is 1. The van der Waals surface area contributed by atoms with Crippen LogP contribution in [0.2, 0.25) is 0 Å². The number of hydrogen-bond donors (Lipinski definition) is 3. The number of hydrogen-bond acceptors (Lipinski definition) is 4. The summed E-state index contributed by atoms with van der Waals surface area (Å²) in [7, 11) is 0. The summed E-state index contributed by atoms with van der Waals surface area (Å²) in [6, 6.07) is -0.459. The van der Waals surface area contributed by atoms with Crippen molar-refractivity contribution in [2.24, 2.45) is 0 Å². The Labute approximate surface area is 64.0 Å². The van der Waals surface area contributed by atoms with Crippen LogP contribution in [0.3, 0.4) is 0 Å². The molecule has 0 aliphatic carbocycles. The summed E-state index contributed by atoms with van der Waals surface area (Å²) in [5, 5.41) is 10.6. The van der Waals surface area contributed by atoms with Gasteiger partial charge in [0, 0.05) is 5.75 Å². The first kappa shape index (κ1) is 9.45. The average Bonchev–Trinajstić information content (AvgIpc) is 1.90. The molecule has 4 nitrogen and oxygen atoms in total. The Balaban J connectivity index is 3.44. The van der Waals surface area contributed by atoms with Crippen LogP contribution in [0.1, 0.15) is 0 Å². The van der Waals surface area contributed by atoms with Crippen molar-refractivity contribution in [3.63, 3.8) is 0 Å². The Morgan fingerprint density at radius 2 is 2.40 bits per heavy atom. The van der Waals surface area contributed by atoms with Gasteiger partial charge in [-0.2, -0.15) is 12.6 Å². The highest BCUT2D eigenvalue weighted by Gasteiger charge is 2.04. The second kappa shape index (κ2) is 5.25. The molecule has 10 heavy (non-hydrogen) atoms. The zero-order valence-corrected chi connectivity index (χ0v) is 6.17. The highest BCUT2D eigenvalue weighted by Crippen LogP contribution is 1.81. The number of aliphatic carboxylic acids is 1. The van der Waals surface area contributed by atoms with E-state index in [1.807, 2.05) is 0 Å². The number of nitrogens with one attached hydrogen (secondary N) is 1. The molecule has 5 heteroatoms. The lowest BCUT2D eigenvalue weighted by molar-refractivity contribution is -0.136. The zero-order valence-electron chi connectivity index (χ0n) is 5.28. The second-order valence-electron chi connectivity index (χ2n) is 1.70. The lowest BCUT2D eigenvalue weighted by Crippen LogP contribution is -2.35. The van der Waals surface area contributed by atoms with Crippen LogP contribution in [0.5, 0.6) is 0 Å². The van der Waals surface area contributed by atoms with Gasteiger partial charge in [0.1, 0.15) is 6.29 Å². The fraction of sp³-hybridized carbons (Fsp3) is 0.600. The van der Waals surface area contributed by atoms with Crippen molar-refractivity contribution < 1.29 is 14.7 Å². The normalized spacial score (nSPS) is 12.5. The van der Waals surface area contributed by atoms with E-state index >= 15 is 0 Å². The largest absolute Gasteiger partial charge is 0.480 e. The summed E-state index contributed by atoms with van der Waals surface area (Å²) in [4.78, 5) is 20.0. The Morgan fingerprint density at radius 1 is 1.80 bits per heavy atom. The quantitative estimate of drug-likeness (QED) is 0.365. The standard InChI is InChI=1S/C5H9NO3S/c7-2-4(3-10)6-1-5(8)9/h2,4,6,10H,1,3H2,(H,8,9)/t4-/m1/s1. The molecule has 0 aliphatic heterocycles.